The zero-order chi connectivity index (χ0) is 19.8. The number of rotatable bonds is 7. The summed E-state index contributed by atoms with van der Waals surface area (Å²) in [4.78, 5) is 20.4. The first kappa shape index (κ1) is 19.6. The minimum absolute atomic E-state index is 0.0111. The van der Waals surface area contributed by atoms with Crippen LogP contribution in [-0.2, 0) is 11.2 Å². The molecule has 0 radical (unpaired) electrons. The van der Waals surface area contributed by atoms with Crippen LogP contribution in [0.1, 0.15) is 43.9 Å². The Morgan fingerprint density at radius 1 is 1.18 bits per heavy atom. The van der Waals surface area contributed by atoms with Crippen LogP contribution in [0.5, 0.6) is 11.6 Å². The average molecular weight is 380 g/mol. The van der Waals surface area contributed by atoms with Crippen LogP contribution in [0.25, 0.3) is 0 Å². The lowest BCUT2D eigenvalue weighted by atomic mass is 9.92. The minimum Gasteiger partial charge on any atom is -0.494 e. The summed E-state index contributed by atoms with van der Waals surface area (Å²) in [6.45, 7) is 2.57. The summed E-state index contributed by atoms with van der Waals surface area (Å²) in [6, 6.07) is 9.75. The van der Waals surface area contributed by atoms with E-state index in [2.05, 4.69) is 15.3 Å². The molecule has 1 heterocycles. The maximum Gasteiger partial charge on any atom is 0.251 e. The van der Waals surface area contributed by atoms with Crippen LogP contribution in [0.4, 0.5) is 0 Å². The molecule has 3 rings (SSSR count). The van der Waals surface area contributed by atoms with Gasteiger partial charge in [-0.15, -0.1) is 0 Å². The van der Waals surface area contributed by atoms with Crippen molar-refractivity contribution in [1.82, 2.24) is 15.3 Å². The maximum absolute atomic E-state index is 12.3. The third kappa shape index (κ3) is 5.43. The van der Waals surface area contributed by atoms with E-state index in [1.54, 1.807) is 0 Å². The summed E-state index contributed by atoms with van der Waals surface area (Å²) in [5, 5.41) is 12.2. The molecule has 1 fully saturated rings. The van der Waals surface area contributed by atoms with Gasteiger partial charge in [-0.3, -0.25) is 4.79 Å². The summed E-state index contributed by atoms with van der Waals surface area (Å²) >= 11 is 0. The predicted molar refractivity (Wildman–Crippen MR) is 103 cm³/mol. The Morgan fingerprint density at radius 3 is 2.57 bits per heavy atom. The van der Waals surface area contributed by atoms with Crippen LogP contribution in [-0.4, -0.2) is 34.6 Å². The summed E-state index contributed by atoms with van der Waals surface area (Å²) in [7, 11) is 0. The second-order valence-corrected chi connectivity index (χ2v) is 6.73. The molecule has 1 N–H and O–H groups in total. The van der Waals surface area contributed by atoms with Gasteiger partial charge >= 0.3 is 0 Å². The molecular formula is C21H24N4O3. The number of nitrogens with zero attached hydrogens (tertiary/aromatic N) is 3. The first-order valence-electron chi connectivity index (χ1n) is 9.56. The fourth-order valence-corrected chi connectivity index (χ4v) is 3.31. The Balaban J connectivity index is 1.43. The van der Waals surface area contributed by atoms with Crippen LogP contribution in [0.3, 0.4) is 0 Å². The lowest BCUT2D eigenvalue weighted by Gasteiger charge is -2.29. The molecule has 0 unspecified atom stereocenters. The minimum atomic E-state index is -0.0111. The van der Waals surface area contributed by atoms with Crippen molar-refractivity contribution < 1.29 is 14.3 Å². The van der Waals surface area contributed by atoms with Gasteiger partial charge in [0.2, 0.25) is 11.6 Å². The molecule has 0 atom stereocenters. The maximum atomic E-state index is 12.3. The van der Waals surface area contributed by atoms with Gasteiger partial charge in [0.25, 0.3) is 5.88 Å². The fraction of sp³-hybridized carbons (Fsp3) is 0.429. The quantitative estimate of drug-likeness (QED) is 0.793. The molecule has 0 bridgehead atoms. The van der Waals surface area contributed by atoms with Gasteiger partial charge < -0.3 is 14.8 Å². The number of aromatic nitrogens is 2. The second-order valence-electron chi connectivity index (χ2n) is 6.73. The SMILES string of the molecule is CCOc1ccc(CC(=O)NC2CCC(Oc3nccnc3C#N)CC2)cc1. The molecular weight excluding hydrogens is 356 g/mol. The van der Waals surface area contributed by atoms with E-state index in [9.17, 15) is 4.79 Å². The zero-order valence-corrected chi connectivity index (χ0v) is 15.9. The standard InChI is InChI=1S/C21H24N4O3/c1-2-27-17-7-3-15(4-8-17)13-20(26)25-16-5-9-18(10-6-16)28-21-19(14-22)23-11-12-24-21/h3-4,7-8,11-12,16,18H,2,5-6,9-10,13H2,1H3,(H,25,26). The van der Waals surface area contributed by atoms with Crippen LogP contribution in [0.15, 0.2) is 36.7 Å². The zero-order valence-electron chi connectivity index (χ0n) is 15.9. The van der Waals surface area contributed by atoms with E-state index in [1.165, 1.54) is 12.4 Å². The van der Waals surface area contributed by atoms with E-state index >= 15 is 0 Å². The topological polar surface area (TPSA) is 97.1 Å². The van der Waals surface area contributed by atoms with Crippen molar-refractivity contribution in [1.29, 1.82) is 5.26 Å². The van der Waals surface area contributed by atoms with Crippen molar-refractivity contribution in [2.24, 2.45) is 0 Å². The van der Waals surface area contributed by atoms with Gasteiger partial charge in [0.15, 0.2) is 0 Å². The van der Waals surface area contributed by atoms with E-state index in [0.29, 0.717) is 13.0 Å². The molecule has 7 heteroatoms. The molecule has 1 saturated carbocycles. The second kappa shape index (κ2) is 9.70. The Morgan fingerprint density at radius 2 is 1.89 bits per heavy atom. The van der Waals surface area contributed by atoms with Gasteiger partial charge in [-0.2, -0.15) is 5.26 Å². The number of carbonyl (C=O) groups excluding carboxylic acids is 1. The number of nitrogens with one attached hydrogen (secondary N) is 1. The highest BCUT2D eigenvalue weighted by atomic mass is 16.5. The Hall–Kier alpha value is -3.14. The van der Waals surface area contributed by atoms with Gasteiger partial charge in [-0.1, -0.05) is 12.1 Å². The van der Waals surface area contributed by atoms with E-state index in [0.717, 1.165) is 37.0 Å². The van der Waals surface area contributed by atoms with Gasteiger partial charge in [0, 0.05) is 18.4 Å². The first-order valence-corrected chi connectivity index (χ1v) is 9.56. The molecule has 7 nitrogen and oxygen atoms in total. The van der Waals surface area contributed by atoms with Crippen molar-refractivity contribution in [2.45, 2.75) is 51.2 Å². The molecule has 28 heavy (non-hydrogen) atoms. The molecule has 1 aromatic heterocycles. The Kier molecular flexibility index (Phi) is 6.79. The number of hydrogen-bond acceptors (Lipinski definition) is 6. The van der Waals surface area contributed by atoms with Gasteiger partial charge in [0.05, 0.1) is 13.0 Å². The first-order chi connectivity index (χ1) is 13.7. The highest BCUT2D eigenvalue weighted by molar-refractivity contribution is 5.78. The Bertz CT molecular complexity index is 824. The lowest BCUT2D eigenvalue weighted by Crippen LogP contribution is -2.40. The molecule has 0 aliphatic heterocycles. The highest BCUT2D eigenvalue weighted by Gasteiger charge is 2.24. The largest absolute Gasteiger partial charge is 0.494 e. The molecule has 146 valence electrons. The van der Waals surface area contributed by atoms with Gasteiger partial charge in [-0.05, 0) is 50.3 Å². The van der Waals surface area contributed by atoms with Crippen LogP contribution >= 0.6 is 0 Å². The molecule has 1 aromatic carbocycles. The molecule has 2 aromatic rings. The molecule has 0 saturated heterocycles. The molecule has 0 spiro atoms. The van der Waals surface area contributed by atoms with Gasteiger partial charge in [0.1, 0.15) is 17.9 Å². The van der Waals surface area contributed by atoms with E-state index in [1.807, 2.05) is 37.3 Å². The third-order valence-corrected chi connectivity index (χ3v) is 4.69. The number of amides is 1. The highest BCUT2D eigenvalue weighted by Crippen LogP contribution is 2.24. The fourth-order valence-electron chi connectivity index (χ4n) is 3.31. The third-order valence-electron chi connectivity index (χ3n) is 4.69. The Labute approximate surface area is 164 Å². The summed E-state index contributed by atoms with van der Waals surface area (Å²) in [5.74, 6) is 1.12. The average Bonchev–Trinajstić information content (AvgIpc) is 2.71. The van der Waals surface area contributed by atoms with Crippen molar-refractivity contribution in [3.63, 3.8) is 0 Å². The molecule has 1 aliphatic carbocycles. The number of benzene rings is 1. The smallest absolute Gasteiger partial charge is 0.251 e. The number of hydrogen-bond donors (Lipinski definition) is 1. The number of ether oxygens (including phenoxy) is 2. The van der Waals surface area contributed by atoms with E-state index in [-0.39, 0.29) is 29.6 Å². The van der Waals surface area contributed by atoms with Crippen LogP contribution in [0.2, 0.25) is 0 Å². The number of nitriles is 1. The van der Waals surface area contributed by atoms with Crippen molar-refractivity contribution in [2.75, 3.05) is 6.61 Å². The van der Waals surface area contributed by atoms with E-state index in [4.69, 9.17) is 14.7 Å². The summed E-state index contributed by atoms with van der Waals surface area (Å²) in [6.07, 6.45) is 6.61. The summed E-state index contributed by atoms with van der Waals surface area (Å²) < 4.78 is 11.3. The van der Waals surface area contributed by atoms with E-state index < -0.39 is 0 Å². The summed E-state index contributed by atoms with van der Waals surface area (Å²) in [5.41, 5.74) is 1.16. The normalized spacial score (nSPS) is 18.7. The van der Waals surface area contributed by atoms with Crippen molar-refractivity contribution in [3.8, 4) is 17.7 Å². The number of carbonyl (C=O) groups is 1. The molecule has 1 aliphatic rings. The van der Waals surface area contributed by atoms with Crippen LogP contribution in [0, 0.1) is 11.3 Å². The van der Waals surface area contributed by atoms with Crippen molar-refractivity contribution >= 4 is 5.91 Å². The molecule has 1 amide bonds. The van der Waals surface area contributed by atoms with Gasteiger partial charge in [-0.25, -0.2) is 9.97 Å². The van der Waals surface area contributed by atoms with Crippen LogP contribution < -0.4 is 14.8 Å². The predicted octanol–water partition coefficient (Wildman–Crippen LogP) is 2.80. The monoisotopic (exact) mass is 380 g/mol. The lowest BCUT2D eigenvalue weighted by molar-refractivity contribution is -0.121. The van der Waals surface area contributed by atoms with Crippen molar-refractivity contribution in [3.05, 3.63) is 47.9 Å².